The van der Waals surface area contributed by atoms with Gasteiger partial charge in [-0.3, -0.25) is 4.79 Å². The van der Waals surface area contributed by atoms with Crippen LogP contribution in [0, 0.1) is 0 Å². The minimum Gasteiger partial charge on any atom is -0.508 e. The van der Waals surface area contributed by atoms with Gasteiger partial charge in [0.05, 0.1) is 11.7 Å². The lowest BCUT2D eigenvalue weighted by Gasteiger charge is -2.38. The smallest absolute Gasteiger partial charge is 0.154 e. The fraction of sp³-hybridized carbons (Fsp3) is 0.632. The van der Waals surface area contributed by atoms with Gasteiger partial charge in [-0.2, -0.15) is 0 Å². The molecule has 128 valence electrons. The Labute approximate surface area is 138 Å². The molecule has 23 heavy (non-hydrogen) atoms. The van der Waals surface area contributed by atoms with Crippen LogP contribution in [0.5, 0.6) is 11.5 Å². The monoisotopic (exact) mass is 320 g/mol. The van der Waals surface area contributed by atoms with Gasteiger partial charge in [-0.1, -0.05) is 32.6 Å². The van der Waals surface area contributed by atoms with Gasteiger partial charge >= 0.3 is 0 Å². The first-order valence-electron chi connectivity index (χ1n) is 8.60. The van der Waals surface area contributed by atoms with Crippen molar-refractivity contribution in [2.45, 2.75) is 77.4 Å². The third kappa shape index (κ3) is 3.86. The molecule has 0 unspecified atom stereocenters. The molecule has 0 fully saturated rings. The van der Waals surface area contributed by atoms with Crippen LogP contribution < -0.4 is 4.74 Å². The Bertz CT molecular complexity index is 563. The van der Waals surface area contributed by atoms with Crippen molar-refractivity contribution in [3.8, 4) is 11.5 Å². The minimum atomic E-state index is -0.736. The van der Waals surface area contributed by atoms with Gasteiger partial charge in [0.25, 0.3) is 0 Å². The summed E-state index contributed by atoms with van der Waals surface area (Å²) in [5.74, 6) is 0.661. The van der Waals surface area contributed by atoms with Gasteiger partial charge in [0, 0.05) is 17.5 Å². The number of aldehydes is 1. The van der Waals surface area contributed by atoms with Crippen molar-refractivity contribution in [2.75, 3.05) is 0 Å². The standard InChI is InChI=1S/C19H28O4/c1-4-5-6-7-8-9-14-15(12-20)18-13(10-16(14)21)11-17(22)19(2,3)23-18/h10,12,17,21-22H,4-9,11H2,1-3H3/t17-/m0/s1. The van der Waals surface area contributed by atoms with E-state index in [9.17, 15) is 15.0 Å². The number of unbranched alkanes of at least 4 members (excludes halogenated alkanes) is 4. The average molecular weight is 320 g/mol. The van der Waals surface area contributed by atoms with Gasteiger partial charge in [-0.15, -0.1) is 0 Å². The normalized spacial score (nSPS) is 19.0. The van der Waals surface area contributed by atoms with Gasteiger partial charge in [-0.05, 0) is 32.8 Å². The summed E-state index contributed by atoms with van der Waals surface area (Å²) in [6.45, 7) is 5.80. The van der Waals surface area contributed by atoms with Gasteiger partial charge < -0.3 is 14.9 Å². The number of aromatic hydroxyl groups is 1. The van der Waals surface area contributed by atoms with Crippen LogP contribution in [0.25, 0.3) is 0 Å². The predicted octanol–water partition coefficient (Wildman–Crippen LogP) is 3.79. The molecule has 1 atom stereocenters. The summed E-state index contributed by atoms with van der Waals surface area (Å²) in [7, 11) is 0. The number of phenols is 1. The van der Waals surface area contributed by atoms with E-state index >= 15 is 0 Å². The minimum absolute atomic E-state index is 0.136. The molecule has 0 spiro atoms. The van der Waals surface area contributed by atoms with Crippen molar-refractivity contribution in [2.24, 2.45) is 0 Å². The molecule has 1 aliphatic rings. The van der Waals surface area contributed by atoms with Crippen LogP contribution in [-0.4, -0.2) is 28.2 Å². The molecule has 0 aliphatic carbocycles. The molecule has 0 amide bonds. The van der Waals surface area contributed by atoms with E-state index in [1.807, 2.05) is 13.8 Å². The molecule has 2 N–H and O–H groups in total. The molecule has 0 aromatic heterocycles. The number of carbonyl (C=O) groups is 1. The molecular formula is C19H28O4. The van der Waals surface area contributed by atoms with E-state index in [0.717, 1.165) is 19.1 Å². The summed E-state index contributed by atoms with van der Waals surface area (Å²) in [5, 5.41) is 20.4. The van der Waals surface area contributed by atoms with Crippen LogP contribution in [0.1, 0.15) is 74.4 Å². The lowest BCUT2D eigenvalue weighted by molar-refractivity contribution is -0.0415. The zero-order valence-electron chi connectivity index (χ0n) is 14.4. The molecule has 0 saturated carbocycles. The number of phenolic OH excluding ortho intramolecular Hbond substituents is 1. The zero-order valence-corrected chi connectivity index (χ0v) is 14.4. The summed E-state index contributed by atoms with van der Waals surface area (Å²) in [6, 6.07) is 1.64. The zero-order chi connectivity index (χ0) is 17.0. The molecule has 1 heterocycles. The number of ether oxygens (including phenoxy) is 1. The molecule has 1 aromatic rings. The van der Waals surface area contributed by atoms with Crippen molar-refractivity contribution < 1.29 is 19.7 Å². The first-order chi connectivity index (χ1) is 10.9. The van der Waals surface area contributed by atoms with E-state index in [1.165, 1.54) is 19.3 Å². The molecular weight excluding hydrogens is 292 g/mol. The Morgan fingerprint density at radius 2 is 2.00 bits per heavy atom. The SMILES string of the molecule is CCCCCCCc1c(O)cc2c(c1C=O)OC(C)(C)[C@@H](O)C2. The highest BCUT2D eigenvalue weighted by Gasteiger charge is 2.37. The molecule has 2 rings (SSSR count). The van der Waals surface area contributed by atoms with E-state index in [-0.39, 0.29) is 5.75 Å². The fourth-order valence-corrected chi connectivity index (χ4v) is 3.12. The molecule has 0 bridgehead atoms. The summed E-state index contributed by atoms with van der Waals surface area (Å²) >= 11 is 0. The fourth-order valence-electron chi connectivity index (χ4n) is 3.12. The third-order valence-corrected chi connectivity index (χ3v) is 4.71. The van der Waals surface area contributed by atoms with Crippen molar-refractivity contribution in [1.82, 2.24) is 0 Å². The largest absolute Gasteiger partial charge is 0.508 e. The van der Waals surface area contributed by atoms with Gasteiger partial charge in [-0.25, -0.2) is 0 Å². The number of benzene rings is 1. The molecule has 4 nitrogen and oxygen atoms in total. The van der Waals surface area contributed by atoms with E-state index < -0.39 is 11.7 Å². The van der Waals surface area contributed by atoms with E-state index in [2.05, 4.69) is 6.92 Å². The highest BCUT2D eigenvalue weighted by molar-refractivity contribution is 5.84. The highest BCUT2D eigenvalue weighted by Crippen LogP contribution is 2.40. The van der Waals surface area contributed by atoms with E-state index in [1.54, 1.807) is 6.07 Å². The van der Waals surface area contributed by atoms with Gasteiger partial charge in [0.1, 0.15) is 17.1 Å². The first-order valence-corrected chi connectivity index (χ1v) is 8.60. The van der Waals surface area contributed by atoms with Crippen LogP contribution in [0.2, 0.25) is 0 Å². The number of fused-ring (bicyclic) bond motifs is 1. The van der Waals surface area contributed by atoms with Crippen molar-refractivity contribution in [3.05, 3.63) is 22.8 Å². The predicted molar refractivity (Wildman–Crippen MR) is 90.4 cm³/mol. The average Bonchev–Trinajstić information content (AvgIpc) is 2.49. The number of carbonyl (C=O) groups excluding carboxylic acids is 1. The number of rotatable bonds is 7. The van der Waals surface area contributed by atoms with Crippen LogP contribution >= 0.6 is 0 Å². The quantitative estimate of drug-likeness (QED) is 0.592. The maximum atomic E-state index is 11.6. The summed E-state index contributed by atoms with van der Waals surface area (Å²) in [6.07, 6.45) is 6.78. The molecule has 4 heteroatoms. The number of hydrogen-bond acceptors (Lipinski definition) is 4. The molecule has 0 saturated heterocycles. The second kappa shape index (κ2) is 7.35. The summed E-state index contributed by atoms with van der Waals surface area (Å²) in [4.78, 5) is 11.6. The van der Waals surface area contributed by atoms with Gasteiger partial charge in [0.2, 0.25) is 0 Å². The van der Waals surface area contributed by atoms with Crippen molar-refractivity contribution >= 4 is 6.29 Å². The Morgan fingerprint density at radius 3 is 2.65 bits per heavy atom. The summed E-state index contributed by atoms with van der Waals surface area (Å²) < 4.78 is 5.90. The van der Waals surface area contributed by atoms with Gasteiger partial charge in [0.15, 0.2) is 6.29 Å². The van der Waals surface area contributed by atoms with Crippen LogP contribution in [-0.2, 0) is 12.8 Å². The van der Waals surface area contributed by atoms with Crippen LogP contribution in [0.3, 0.4) is 0 Å². The highest BCUT2D eigenvalue weighted by atomic mass is 16.5. The number of aliphatic hydroxyl groups excluding tert-OH is 1. The lowest BCUT2D eigenvalue weighted by Crippen LogP contribution is -2.46. The molecule has 1 aromatic carbocycles. The topological polar surface area (TPSA) is 66.8 Å². The Morgan fingerprint density at radius 1 is 1.30 bits per heavy atom. The summed E-state index contributed by atoms with van der Waals surface area (Å²) in [5.41, 5.74) is 1.07. The number of aliphatic hydroxyl groups is 1. The Balaban J connectivity index is 2.25. The third-order valence-electron chi connectivity index (χ3n) is 4.71. The Kier molecular flexibility index (Phi) is 5.69. The second-order valence-electron chi connectivity index (χ2n) is 6.98. The molecule has 0 radical (unpaired) electrons. The number of hydrogen-bond donors (Lipinski definition) is 2. The van der Waals surface area contributed by atoms with E-state index in [0.29, 0.717) is 35.3 Å². The molecule has 1 aliphatic heterocycles. The van der Waals surface area contributed by atoms with Crippen molar-refractivity contribution in [3.63, 3.8) is 0 Å². The maximum Gasteiger partial charge on any atom is 0.154 e. The van der Waals surface area contributed by atoms with Crippen LogP contribution in [0.4, 0.5) is 0 Å². The first kappa shape index (κ1) is 17.8. The lowest BCUT2D eigenvalue weighted by atomic mass is 9.87. The van der Waals surface area contributed by atoms with Crippen molar-refractivity contribution in [1.29, 1.82) is 0 Å². The maximum absolute atomic E-state index is 11.6. The second-order valence-corrected chi connectivity index (χ2v) is 6.98. The van der Waals surface area contributed by atoms with E-state index in [4.69, 9.17) is 4.74 Å². The Hall–Kier alpha value is -1.55. The van der Waals surface area contributed by atoms with Crippen LogP contribution in [0.15, 0.2) is 6.07 Å².